The molecule has 0 spiro atoms. The molecule has 0 saturated heterocycles. The van der Waals surface area contributed by atoms with Gasteiger partial charge in [0.15, 0.2) is 0 Å². The summed E-state index contributed by atoms with van der Waals surface area (Å²) in [5, 5.41) is 0. The van der Waals surface area contributed by atoms with Gasteiger partial charge in [-0.3, -0.25) is 9.36 Å². The molecule has 0 fully saturated rings. The number of pyridine rings is 1. The Labute approximate surface area is 111 Å². The molecular weight excluding hydrogens is 242 g/mol. The number of ether oxygens (including phenoxy) is 1. The van der Waals surface area contributed by atoms with E-state index in [1.165, 1.54) is 10.6 Å². The van der Waals surface area contributed by atoms with Crippen LogP contribution >= 0.6 is 0 Å². The lowest BCUT2D eigenvalue weighted by Crippen LogP contribution is -2.26. The van der Waals surface area contributed by atoms with Crippen molar-refractivity contribution in [2.75, 3.05) is 6.61 Å². The first-order valence-electron chi connectivity index (χ1n) is 6.13. The van der Waals surface area contributed by atoms with Crippen molar-refractivity contribution in [3.05, 3.63) is 70.1 Å². The second-order valence-electron chi connectivity index (χ2n) is 4.04. The molecule has 0 aliphatic rings. The molecule has 1 aromatic heterocycles. The van der Waals surface area contributed by atoms with E-state index < -0.39 is 5.97 Å². The molecule has 19 heavy (non-hydrogen) atoms. The van der Waals surface area contributed by atoms with Crippen LogP contribution in [0.1, 0.15) is 23.0 Å². The molecule has 0 unspecified atom stereocenters. The highest BCUT2D eigenvalue weighted by atomic mass is 16.5. The lowest BCUT2D eigenvalue weighted by molar-refractivity contribution is 0.0512. The van der Waals surface area contributed by atoms with Crippen molar-refractivity contribution in [2.45, 2.75) is 13.5 Å². The molecule has 0 radical (unpaired) electrons. The van der Waals surface area contributed by atoms with E-state index >= 15 is 0 Å². The Kier molecular flexibility index (Phi) is 4.13. The molecule has 1 heterocycles. The normalized spacial score (nSPS) is 10.2. The van der Waals surface area contributed by atoms with Gasteiger partial charge in [-0.15, -0.1) is 0 Å². The van der Waals surface area contributed by atoms with Gasteiger partial charge in [0, 0.05) is 6.07 Å². The van der Waals surface area contributed by atoms with Crippen LogP contribution in [0.3, 0.4) is 0 Å². The second-order valence-corrected chi connectivity index (χ2v) is 4.04. The summed E-state index contributed by atoms with van der Waals surface area (Å²) < 4.78 is 6.39. The third kappa shape index (κ3) is 3.10. The average molecular weight is 257 g/mol. The average Bonchev–Trinajstić information content (AvgIpc) is 2.42. The molecule has 0 bridgehead atoms. The highest BCUT2D eigenvalue weighted by Crippen LogP contribution is 2.05. The monoisotopic (exact) mass is 257 g/mol. The topological polar surface area (TPSA) is 48.3 Å². The summed E-state index contributed by atoms with van der Waals surface area (Å²) in [7, 11) is 0. The Morgan fingerprint density at radius 3 is 2.53 bits per heavy atom. The van der Waals surface area contributed by atoms with E-state index in [1.54, 1.807) is 19.1 Å². The summed E-state index contributed by atoms with van der Waals surface area (Å²) in [5.41, 5.74) is 1.02. The van der Waals surface area contributed by atoms with Gasteiger partial charge in [-0.1, -0.05) is 36.4 Å². The number of aromatic nitrogens is 1. The van der Waals surface area contributed by atoms with E-state index in [1.807, 2.05) is 30.3 Å². The maximum Gasteiger partial charge on any atom is 0.355 e. The van der Waals surface area contributed by atoms with Gasteiger partial charge in [0.1, 0.15) is 5.69 Å². The number of hydrogen-bond acceptors (Lipinski definition) is 3. The molecule has 0 saturated carbocycles. The van der Waals surface area contributed by atoms with Crippen molar-refractivity contribution in [1.29, 1.82) is 0 Å². The Morgan fingerprint density at radius 1 is 1.11 bits per heavy atom. The van der Waals surface area contributed by atoms with E-state index in [9.17, 15) is 9.59 Å². The minimum Gasteiger partial charge on any atom is -0.461 e. The molecule has 1 aromatic carbocycles. The van der Waals surface area contributed by atoms with Crippen LogP contribution in [0, 0.1) is 0 Å². The van der Waals surface area contributed by atoms with Crippen LogP contribution < -0.4 is 5.56 Å². The summed E-state index contributed by atoms with van der Waals surface area (Å²) in [4.78, 5) is 23.7. The highest BCUT2D eigenvalue weighted by Gasteiger charge is 2.13. The van der Waals surface area contributed by atoms with Crippen LogP contribution in [0.4, 0.5) is 0 Å². The molecule has 0 aliphatic carbocycles. The lowest BCUT2D eigenvalue weighted by Gasteiger charge is -2.11. The molecule has 98 valence electrons. The summed E-state index contributed by atoms with van der Waals surface area (Å²) in [6.07, 6.45) is 0. The zero-order valence-electron chi connectivity index (χ0n) is 10.7. The quantitative estimate of drug-likeness (QED) is 0.788. The number of rotatable bonds is 4. The first-order chi connectivity index (χ1) is 9.22. The van der Waals surface area contributed by atoms with Gasteiger partial charge in [-0.25, -0.2) is 4.79 Å². The van der Waals surface area contributed by atoms with E-state index in [2.05, 4.69) is 0 Å². The number of carbonyl (C=O) groups excluding carboxylic acids is 1. The molecule has 0 N–H and O–H groups in total. The van der Waals surface area contributed by atoms with Gasteiger partial charge < -0.3 is 4.74 Å². The van der Waals surface area contributed by atoms with Gasteiger partial charge in [0.05, 0.1) is 13.2 Å². The predicted octanol–water partition coefficient (Wildman–Crippen LogP) is 2.07. The molecule has 0 aliphatic heterocycles. The minimum atomic E-state index is -0.476. The maximum atomic E-state index is 11.9. The summed E-state index contributed by atoms with van der Waals surface area (Å²) in [5.74, 6) is -0.476. The van der Waals surface area contributed by atoms with E-state index in [0.29, 0.717) is 6.54 Å². The maximum absolute atomic E-state index is 11.9. The third-order valence-electron chi connectivity index (χ3n) is 2.72. The van der Waals surface area contributed by atoms with Crippen molar-refractivity contribution < 1.29 is 9.53 Å². The van der Waals surface area contributed by atoms with Gasteiger partial charge in [-0.2, -0.15) is 0 Å². The molecule has 2 aromatic rings. The SMILES string of the molecule is CCOC(=O)c1cccc(=O)n1Cc1ccccc1. The Bertz CT molecular complexity index is 617. The molecular formula is C15H15NO3. The number of nitrogens with zero attached hydrogens (tertiary/aromatic N) is 1. The summed E-state index contributed by atoms with van der Waals surface area (Å²) >= 11 is 0. The first-order valence-corrected chi connectivity index (χ1v) is 6.13. The predicted molar refractivity (Wildman–Crippen MR) is 72.2 cm³/mol. The van der Waals surface area contributed by atoms with Crippen molar-refractivity contribution in [3.63, 3.8) is 0 Å². The first kappa shape index (κ1) is 13.1. The van der Waals surface area contributed by atoms with Gasteiger partial charge >= 0.3 is 5.97 Å². The third-order valence-corrected chi connectivity index (χ3v) is 2.72. The number of hydrogen-bond donors (Lipinski definition) is 0. The molecule has 4 heteroatoms. The fraction of sp³-hybridized carbons (Fsp3) is 0.200. The largest absolute Gasteiger partial charge is 0.461 e. The van der Waals surface area contributed by atoms with Gasteiger partial charge in [0.25, 0.3) is 5.56 Å². The smallest absolute Gasteiger partial charge is 0.355 e. The van der Waals surface area contributed by atoms with Gasteiger partial charge in [0.2, 0.25) is 0 Å². The zero-order chi connectivity index (χ0) is 13.7. The van der Waals surface area contributed by atoms with E-state index in [0.717, 1.165) is 5.56 Å². The Morgan fingerprint density at radius 2 is 1.84 bits per heavy atom. The number of carbonyl (C=O) groups is 1. The van der Waals surface area contributed by atoms with E-state index in [-0.39, 0.29) is 17.9 Å². The molecule has 4 nitrogen and oxygen atoms in total. The lowest BCUT2D eigenvalue weighted by atomic mass is 10.2. The van der Waals surface area contributed by atoms with Crippen LogP contribution in [0.25, 0.3) is 0 Å². The number of benzene rings is 1. The Balaban J connectivity index is 2.39. The fourth-order valence-electron chi connectivity index (χ4n) is 1.83. The van der Waals surface area contributed by atoms with Crippen LogP contribution in [-0.4, -0.2) is 17.1 Å². The van der Waals surface area contributed by atoms with Crippen molar-refractivity contribution >= 4 is 5.97 Å². The Hall–Kier alpha value is -2.36. The fourth-order valence-corrected chi connectivity index (χ4v) is 1.83. The second kappa shape index (κ2) is 6.00. The van der Waals surface area contributed by atoms with Crippen molar-refractivity contribution in [2.24, 2.45) is 0 Å². The van der Waals surface area contributed by atoms with Crippen LogP contribution in [-0.2, 0) is 11.3 Å². The molecule has 0 atom stereocenters. The summed E-state index contributed by atoms with van der Waals surface area (Å²) in [6.45, 7) is 2.38. The van der Waals surface area contributed by atoms with Crippen LogP contribution in [0.2, 0.25) is 0 Å². The highest BCUT2D eigenvalue weighted by molar-refractivity contribution is 5.87. The molecule has 0 amide bonds. The standard InChI is InChI=1S/C15H15NO3/c1-2-19-15(18)13-9-6-10-14(17)16(13)11-12-7-4-3-5-8-12/h3-10H,2,11H2,1H3. The minimum absolute atomic E-state index is 0.214. The van der Waals surface area contributed by atoms with E-state index in [4.69, 9.17) is 4.74 Å². The van der Waals surface area contributed by atoms with Crippen LogP contribution in [0.15, 0.2) is 53.3 Å². The zero-order valence-corrected chi connectivity index (χ0v) is 10.7. The van der Waals surface area contributed by atoms with Crippen molar-refractivity contribution in [3.8, 4) is 0 Å². The molecule has 2 rings (SSSR count). The van der Waals surface area contributed by atoms with Crippen LogP contribution in [0.5, 0.6) is 0 Å². The summed E-state index contributed by atoms with van der Waals surface area (Å²) in [6, 6.07) is 14.1. The van der Waals surface area contributed by atoms with Gasteiger partial charge in [-0.05, 0) is 18.6 Å². The van der Waals surface area contributed by atoms with Crippen molar-refractivity contribution in [1.82, 2.24) is 4.57 Å². The number of esters is 1.